The molecule has 1 aliphatic carbocycles. The van der Waals surface area contributed by atoms with Crippen LogP contribution in [0, 0.1) is 6.92 Å². The van der Waals surface area contributed by atoms with Crippen molar-refractivity contribution in [3.05, 3.63) is 35.4 Å². The maximum atomic E-state index is 3.70. The van der Waals surface area contributed by atoms with Crippen molar-refractivity contribution in [2.75, 3.05) is 5.75 Å². The van der Waals surface area contributed by atoms with Gasteiger partial charge in [-0.3, -0.25) is 0 Å². The van der Waals surface area contributed by atoms with Gasteiger partial charge in [0.2, 0.25) is 0 Å². The van der Waals surface area contributed by atoms with Gasteiger partial charge < -0.3 is 5.32 Å². The minimum Gasteiger partial charge on any atom is -0.310 e. The Morgan fingerprint density at radius 3 is 3.00 bits per heavy atom. The normalized spacial score (nSPS) is 24.1. The van der Waals surface area contributed by atoms with Gasteiger partial charge in [-0.1, -0.05) is 36.8 Å². The van der Waals surface area contributed by atoms with E-state index in [9.17, 15) is 0 Å². The highest BCUT2D eigenvalue weighted by Crippen LogP contribution is 2.29. The molecule has 1 aromatic carbocycles. The first-order chi connectivity index (χ1) is 8.28. The van der Waals surface area contributed by atoms with Crippen LogP contribution in [-0.4, -0.2) is 17.0 Å². The second-order valence-corrected chi connectivity index (χ2v) is 6.53. The van der Waals surface area contributed by atoms with Crippen LogP contribution in [0.4, 0.5) is 0 Å². The van der Waals surface area contributed by atoms with E-state index in [-0.39, 0.29) is 0 Å². The Morgan fingerprint density at radius 1 is 1.35 bits per heavy atom. The third-order valence-corrected chi connectivity index (χ3v) is 4.70. The molecular weight excluding hydrogens is 226 g/mol. The summed E-state index contributed by atoms with van der Waals surface area (Å²) in [5, 5.41) is 4.60. The van der Waals surface area contributed by atoms with Crippen LogP contribution in [0.25, 0.3) is 0 Å². The number of rotatable bonds is 5. The second kappa shape index (κ2) is 6.46. The van der Waals surface area contributed by atoms with Crippen LogP contribution >= 0.6 is 11.8 Å². The minimum atomic E-state index is 0.736. The van der Waals surface area contributed by atoms with Gasteiger partial charge in [-0.25, -0.2) is 0 Å². The van der Waals surface area contributed by atoms with E-state index in [2.05, 4.69) is 55.2 Å². The number of aryl methyl sites for hydroxylation is 1. The van der Waals surface area contributed by atoms with Crippen LogP contribution in [0.15, 0.2) is 24.3 Å². The van der Waals surface area contributed by atoms with Crippen molar-refractivity contribution < 1.29 is 0 Å². The van der Waals surface area contributed by atoms with Crippen molar-refractivity contribution >= 4 is 11.8 Å². The second-order valence-electron chi connectivity index (χ2n) is 4.96. The summed E-state index contributed by atoms with van der Waals surface area (Å²) in [4.78, 5) is 0. The molecule has 0 radical (unpaired) electrons. The highest BCUT2D eigenvalue weighted by atomic mass is 32.2. The summed E-state index contributed by atoms with van der Waals surface area (Å²) in [6.45, 7) is 5.45. The lowest BCUT2D eigenvalue weighted by atomic mass is 10.1. The molecule has 0 saturated heterocycles. The fraction of sp³-hybridized carbons (Fsp3) is 0.600. The molecule has 1 aliphatic rings. The Hall–Kier alpha value is -0.470. The van der Waals surface area contributed by atoms with Gasteiger partial charge in [0, 0.05) is 17.8 Å². The fourth-order valence-electron chi connectivity index (χ4n) is 2.60. The third kappa shape index (κ3) is 4.04. The number of nitrogens with one attached hydrogen (secondary N) is 1. The molecular formula is C15H23NS. The number of benzene rings is 1. The van der Waals surface area contributed by atoms with E-state index in [1.165, 1.54) is 36.1 Å². The molecule has 0 aromatic heterocycles. The number of thioether (sulfide) groups is 1. The highest BCUT2D eigenvalue weighted by molar-refractivity contribution is 7.99. The average Bonchev–Trinajstić information content (AvgIpc) is 2.75. The van der Waals surface area contributed by atoms with E-state index in [1.54, 1.807) is 0 Å². The van der Waals surface area contributed by atoms with Gasteiger partial charge in [0.1, 0.15) is 0 Å². The standard InChI is InChI=1S/C15H23NS/c1-3-17-15-8-7-14(10-15)16-11-13-6-4-5-12(2)9-13/h4-6,9,14-16H,3,7-8,10-11H2,1-2H3. The van der Waals surface area contributed by atoms with Crippen LogP contribution in [-0.2, 0) is 6.54 Å². The average molecular weight is 249 g/mol. The predicted molar refractivity (Wildman–Crippen MR) is 77.6 cm³/mol. The highest BCUT2D eigenvalue weighted by Gasteiger charge is 2.23. The van der Waals surface area contributed by atoms with Gasteiger partial charge in [-0.15, -0.1) is 0 Å². The molecule has 0 heterocycles. The quantitative estimate of drug-likeness (QED) is 0.853. The van der Waals surface area contributed by atoms with E-state index in [1.807, 2.05) is 0 Å². The van der Waals surface area contributed by atoms with E-state index < -0.39 is 0 Å². The number of hydrogen-bond donors (Lipinski definition) is 1. The third-order valence-electron chi connectivity index (χ3n) is 3.46. The monoisotopic (exact) mass is 249 g/mol. The van der Waals surface area contributed by atoms with Gasteiger partial charge in [0.05, 0.1) is 0 Å². The molecule has 1 saturated carbocycles. The molecule has 1 fully saturated rings. The molecule has 0 aliphatic heterocycles. The zero-order valence-corrected chi connectivity index (χ0v) is 11.7. The van der Waals surface area contributed by atoms with Crippen molar-refractivity contribution in [3.8, 4) is 0 Å². The first-order valence-electron chi connectivity index (χ1n) is 6.68. The molecule has 2 rings (SSSR count). The lowest BCUT2D eigenvalue weighted by molar-refractivity contribution is 0.525. The zero-order valence-electron chi connectivity index (χ0n) is 10.9. The largest absolute Gasteiger partial charge is 0.310 e. The number of hydrogen-bond acceptors (Lipinski definition) is 2. The molecule has 1 aromatic rings. The summed E-state index contributed by atoms with van der Waals surface area (Å²) in [5.74, 6) is 1.26. The van der Waals surface area contributed by atoms with Gasteiger partial charge >= 0.3 is 0 Å². The summed E-state index contributed by atoms with van der Waals surface area (Å²) in [6, 6.07) is 9.54. The molecule has 2 heteroatoms. The Kier molecular flexibility index (Phi) is 4.93. The summed E-state index contributed by atoms with van der Waals surface area (Å²) in [7, 11) is 0. The van der Waals surface area contributed by atoms with E-state index >= 15 is 0 Å². The Balaban J connectivity index is 1.76. The smallest absolute Gasteiger partial charge is 0.0208 e. The van der Waals surface area contributed by atoms with E-state index in [0.717, 1.165) is 17.8 Å². The molecule has 1 N–H and O–H groups in total. The van der Waals surface area contributed by atoms with Crippen molar-refractivity contribution in [2.45, 2.75) is 50.9 Å². The molecule has 0 spiro atoms. The van der Waals surface area contributed by atoms with E-state index in [4.69, 9.17) is 0 Å². The summed E-state index contributed by atoms with van der Waals surface area (Å²) in [6.07, 6.45) is 4.10. The van der Waals surface area contributed by atoms with Crippen LogP contribution in [0.5, 0.6) is 0 Å². The van der Waals surface area contributed by atoms with Crippen molar-refractivity contribution in [1.82, 2.24) is 5.32 Å². The van der Waals surface area contributed by atoms with Gasteiger partial charge in [0.15, 0.2) is 0 Å². The SMILES string of the molecule is CCSC1CCC(NCc2cccc(C)c2)C1. The lowest BCUT2D eigenvalue weighted by Gasteiger charge is -2.13. The maximum absolute atomic E-state index is 3.70. The van der Waals surface area contributed by atoms with Crippen LogP contribution in [0.1, 0.15) is 37.3 Å². The minimum absolute atomic E-state index is 0.736. The zero-order chi connectivity index (χ0) is 12.1. The molecule has 2 atom stereocenters. The molecule has 0 amide bonds. The molecule has 94 valence electrons. The Labute approximate surface area is 109 Å². The van der Waals surface area contributed by atoms with Gasteiger partial charge in [0.25, 0.3) is 0 Å². The first kappa shape index (κ1) is 13.0. The molecule has 17 heavy (non-hydrogen) atoms. The van der Waals surface area contributed by atoms with Gasteiger partial charge in [-0.2, -0.15) is 11.8 Å². The van der Waals surface area contributed by atoms with E-state index in [0.29, 0.717) is 0 Å². The first-order valence-corrected chi connectivity index (χ1v) is 7.73. The fourth-order valence-corrected chi connectivity index (χ4v) is 3.74. The van der Waals surface area contributed by atoms with Crippen molar-refractivity contribution in [1.29, 1.82) is 0 Å². The van der Waals surface area contributed by atoms with Crippen LogP contribution in [0.3, 0.4) is 0 Å². The summed E-state index contributed by atoms with van der Waals surface area (Å²) < 4.78 is 0. The predicted octanol–water partition coefficient (Wildman–Crippen LogP) is 3.76. The van der Waals surface area contributed by atoms with Crippen LogP contribution in [0.2, 0.25) is 0 Å². The van der Waals surface area contributed by atoms with Crippen molar-refractivity contribution in [2.24, 2.45) is 0 Å². The summed E-state index contributed by atoms with van der Waals surface area (Å²) >= 11 is 2.13. The Bertz CT molecular complexity index is 351. The van der Waals surface area contributed by atoms with Crippen molar-refractivity contribution in [3.63, 3.8) is 0 Å². The molecule has 1 nitrogen and oxygen atoms in total. The van der Waals surface area contributed by atoms with Gasteiger partial charge in [-0.05, 0) is 37.5 Å². The Morgan fingerprint density at radius 2 is 2.24 bits per heavy atom. The molecule has 2 unspecified atom stereocenters. The summed E-state index contributed by atoms with van der Waals surface area (Å²) in [5.41, 5.74) is 2.77. The lowest BCUT2D eigenvalue weighted by Crippen LogP contribution is -2.26. The molecule has 0 bridgehead atoms. The maximum Gasteiger partial charge on any atom is 0.0208 e. The van der Waals surface area contributed by atoms with Crippen LogP contribution < -0.4 is 5.32 Å². The topological polar surface area (TPSA) is 12.0 Å².